The molecule has 0 aromatic carbocycles. The maximum atomic E-state index is 12.8. The summed E-state index contributed by atoms with van der Waals surface area (Å²) in [6, 6.07) is 3.56. The summed E-state index contributed by atoms with van der Waals surface area (Å²) >= 11 is 1.63. The number of fused-ring (bicyclic) bond motifs is 1. The Morgan fingerprint density at radius 1 is 1.17 bits per heavy atom. The highest BCUT2D eigenvalue weighted by atomic mass is 32.1. The number of amides is 2. The maximum absolute atomic E-state index is 12.8. The molecule has 0 unspecified atom stereocenters. The summed E-state index contributed by atoms with van der Waals surface area (Å²) in [7, 11) is 0. The average Bonchev–Trinajstić information content (AvgIpc) is 3.33. The predicted molar refractivity (Wildman–Crippen MR) is 94.9 cm³/mol. The van der Waals surface area contributed by atoms with Gasteiger partial charge in [-0.2, -0.15) is 0 Å². The highest BCUT2D eigenvalue weighted by Crippen LogP contribution is 2.31. The second kappa shape index (κ2) is 6.51. The highest BCUT2D eigenvalue weighted by molar-refractivity contribution is 7.17. The topological polar surface area (TPSA) is 62.3 Å². The van der Waals surface area contributed by atoms with E-state index in [0.29, 0.717) is 12.4 Å². The zero-order valence-corrected chi connectivity index (χ0v) is 14.3. The summed E-state index contributed by atoms with van der Waals surface area (Å²) in [6.07, 6.45) is 7.55. The number of carbonyl (C=O) groups is 2. The van der Waals surface area contributed by atoms with E-state index in [2.05, 4.69) is 10.3 Å². The van der Waals surface area contributed by atoms with Gasteiger partial charge in [-0.25, -0.2) is 4.98 Å². The molecule has 1 saturated carbocycles. The number of thiophene rings is 1. The lowest BCUT2D eigenvalue weighted by Gasteiger charge is -2.26. The smallest absolute Gasteiger partial charge is 0.248 e. The Hall–Kier alpha value is -1.95. The van der Waals surface area contributed by atoms with Crippen LogP contribution in [0.5, 0.6) is 0 Å². The molecular formula is C18H21N3O2S. The lowest BCUT2D eigenvalue weighted by Crippen LogP contribution is -2.45. The highest BCUT2D eigenvalue weighted by Gasteiger charge is 2.37. The van der Waals surface area contributed by atoms with Crippen LogP contribution in [0.1, 0.15) is 38.5 Å². The third-order valence-corrected chi connectivity index (χ3v) is 6.05. The first-order valence-electron chi connectivity index (χ1n) is 8.67. The van der Waals surface area contributed by atoms with Gasteiger partial charge >= 0.3 is 0 Å². The van der Waals surface area contributed by atoms with E-state index < -0.39 is 0 Å². The number of aromatic nitrogens is 1. The molecule has 1 atom stereocenters. The Labute approximate surface area is 145 Å². The van der Waals surface area contributed by atoms with E-state index in [1.54, 1.807) is 22.4 Å². The Balaban J connectivity index is 1.50. The fourth-order valence-electron chi connectivity index (χ4n) is 3.90. The number of pyridine rings is 1. The van der Waals surface area contributed by atoms with Crippen molar-refractivity contribution in [1.29, 1.82) is 0 Å². The van der Waals surface area contributed by atoms with E-state index in [4.69, 9.17) is 0 Å². The van der Waals surface area contributed by atoms with Crippen molar-refractivity contribution in [3.05, 3.63) is 23.7 Å². The molecule has 2 amide bonds. The minimum Gasteiger partial charge on any atom is -0.330 e. The molecule has 1 saturated heterocycles. The third-order valence-electron chi connectivity index (χ3n) is 5.16. The number of likely N-dealkylation sites (tertiary alicyclic amines) is 1. The number of rotatable bonds is 3. The largest absolute Gasteiger partial charge is 0.330 e. The maximum Gasteiger partial charge on any atom is 0.248 e. The van der Waals surface area contributed by atoms with E-state index in [9.17, 15) is 9.59 Å². The fraction of sp³-hybridized carbons (Fsp3) is 0.500. The molecule has 126 valence electrons. The van der Waals surface area contributed by atoms with Crippen LogP contribution in [0.4, 0.5) is 5.82 Å². The van der Waals surface area contributed by atoms with Crippen LogP contribution < -0.4 is 5.32 Å². The zero-order chi connectivity index (χ0) is 16.5. The molecule has 1 aliphatic heterocycles. The third kappa shape index (κ3) is 2.79. The first-order valence-corrected chi connectivity index (χ1v) is 9.55. The number of hydrogen-bond donors (Lipinski definition) is 1. The molecule has 1 N–H and O–H groups in total. The van der Waals surface area contributed by atoms with E-state index in [0.717, 1.165) is 48.6 Å². The van der Waals surface area contributed by atoms with Gasteiger partial charge in [-0.3, -0.25) is 9.59 Å². The van der Waals surface area contributed by atoms with Gasteiger partial charge in [0.15, 0.2) is 0 Å². The normalized spacial score (nSPS) is 21.5. The van der Waals surface area contributed by atoms with Crippen molar-refractivity contribution in [1.82, 2.24) is 9.88 Å². The number of nitrogens with zero attached hydrogens (tertiary/aromatic N) is 2. The van der Waals surface area contributed by atoms with Crippen molar-refractivity contribution in [2.75, 3.05) is 11.9 Å². The molecule has 2 aliphatic rings. The summed E-state index contributed by atoms with van der Waals surface area (Å²) in [5.41, 5.74) is 0. The quantitative estimate of drug-likeness (QED) is 0.929. The lowest BCUT2D eigenvalue weighted by atomic mass is 10.1. The van der Waals surface area contributed by atoms with Crippen LogP contribution in [0.15, 0.2) is 23.7 Å². The van der Waals surface area contributed by atoms with Crippen LogP contribution in [0.2, 0.25) is 0 Å². The van der Waals surface area contributed by atoms with Crippen molar-refractivity contribution in [2.45, 2.75) is 44.6 Å². The van der Waals surface area contributed by atoms with E-state index in [1.807, 2.05) is 17.5 Å². The molecule has 1 aliphatic carbocycles. The second-order valence-corrected chi connectivity index (χ2v) is 7.60. The van der Waals surface area contributed by atoms with E-state index >= 15 is 0 Å². The molecule has 2 aromatic rings. The molecule has 6 heteroatoms. The SMILES string of the molecule is O=C(Nc1nccc2sccc12)[C@@H]1CCCN1C(=O)C1CCCC1. The van der Waals surface area contributed by atoms with Crippen LogP contribution in [0.25, 0.3) is 10.1 Å². The van der Waals surface area contributed by atoms with Gasteiger partial charge in [0, 0.05) is 28.7 Å². The van der Waals surface area contributed by atoms with Gasteiger partial charge in [-0.1, -0.05) is 12.8 Å². The van der Waals surface area contributed by atoms with E-state index in [1.165, 1.54) is 0 Å². The summed E-state index contributed by atoms with van der Waals surface area (Å²) in [5.74, 6) is 0.785. The number of hydrogen-bond acceptors (Lipinski definition) is 4. The molecule has 3 heterocycles. The van der Waals surface area contributed by atoms with Crippen molar-refractivity contribution >= 4 is 39.1 Å². The molecule has 24 heavy (non-hydrogen) atoms. The summed E-state index contributed by atoms with van der Waals surface area (Å²) in [5, 5.41) is 5.91. The van der Waals surface area contributed by atoms with Crippen molar-refractivity contribution in [2.24, 2.45) is 5.92 Å². The standard InChI is InChI=1S/C18H21N3O2S/c22-17(20-16-13-8-11-24-15(13)7-9-19-16)14-6-3-10-21(14)18(23)12-4-1-2-5-12/h7-9,11-12,14H,1-6,10H2,(H,19,20,22)/t14-/m0/s1. The number of carbonyl (C=O) groups excluding carboxylic acids is 2. The van der Waals surface area contributed by atoms with Crippen molar-refractivity contribution < 1.29 is 9.59 Å². The van der Waals surface area contributed by atoms with Gasteiger partial charge in [0.1, 0.15) is 11.9 Å². The molecule has 5 nitrogen and oxygen atoms in total. The number of anilines is 1. The van der Waals surface area contributed by atoms with Gasteiger partial charge < -0.3 is 10.2 Å². The average molecular weight is 343 g/mol. The molecule has 0 radical (unpaired) electrons. The zero-order valence-electron chi connectivity index (χ0n) is 13.5. The Bertz CT molecular complexity index is 766. The van der Waals surface area contributed by atoms with Crippen LogP contribution >= 0.6 is 11.3 Å². The lowest BCUT2D eigenvalue weighted by molar-refractivity contribution is -0.140. The molecule has 2 fully saturated rings. The van der Waals surface area contributed by atoms with Crippen LogP contribution in [0, 0.1) is 5.92 Å². The van der Waals surface area contributed by atoms with Gasteiger partial charge in [0.25, 0.3) is 0 Å². The predicted octanol–water partition coefficient (Wildman–Crippen LogP) is 3.42. The van der Waals surface area contributed by atoms with Crippen LogP contribution in [-0.2, 0) is 9.59 Å². The molecule has 0 spiro atoms. The Morgan fingerprint density at radius 3 is 2.83 bits per heavy atom. The monoisotopic (exact) mass is 343 g/mol. The van der Waals surface area contributed by atoms with Crippen LogP contribution in [0.3, 0.4) is 0 Å². The molecule has 2 aromatic heterocycles. The second-order valence-electron chi connectivity index (χ2n) is 6.65. The van der Waals surface area contributed by atoms with Gasteiger partial charge in [0.2, 0.25) is 11.8 Å². The summed E-state index contributed by atoms with van der Waals surface area (Å²) in [6.45, 7) is 0.698. The minimum atomic E-state index is -0.353. The van der Waals surface area contributed by atoms with Crippen LogP contribution in [-0.4, -0.2) is 34.3 Å². The van der Waals surface area contributed by atoms with Crippen molar-refractivity contribution in [3.8, 4) is 0 Å². The summed E-state index contributed by atoms with van der Waals surface area (Å²) in [4.78, 5) is 31.6. The van der Waals surface area contributed by atoms with Gasteiger partial charge in [0.05, 0.1) is 0 Å². The first kappa shape index (κ1) is 15.6. The van der Waals surface area contributed by atoms with Gasteiger partial charge in [-0.15, -0.1) is 11.3 Å². The molecule has 4 rings (SSSR count). The Kier molecular flexibility index (Phi) is 4.22. The van der Waals surface area contributed by atoms with E-state index in [-0.39, 0.29) is 23.8 Å². The van der Waals surface area contributed by atoms with Gasteiger partial charge in [-0.05, 0) is 43.2 Å². The Morgan fingerprint density at radius 2 is 2.00 bits per heavy atom. The van der Waals surface area contributed by atoms with Crippen molar-refractivity contribution in [3.63, 3.8) is 0 Å². The first-order chi connectivity index (χ1) is 11.7. The minimum absolute atomic E-state index is 0.106. The number of nitrogens with one attached hydrogen (secondary N) is 1. The molecule has 0 bridgehead atoms. The molecular weight excluding hydrogens is 322 g/mol. The fourth-order valence-corrected chi connectivity index (χ4v) is 4.69. The summed E-state index contributed by atoms with van der Waals surface area (Å²) < 4.78 is 1.10.